The third kappa shape index (κ3) is 6.25. The molecule has 0 fully saturated rings. The molecule has 0 radical (unpaired) electrons. The Morgan fingerprint density at radius 2 is 1.64 bits per heavy atom. The van der Waals surface area contributed by atoms with Crippen LogP contribution in [0, 0.1) is 0 Å². The number of hydrogen-bond donors (Lipinski definition) is 2. The molecule has 0 heterocycles. The molecule has 7 nitrogen and oxygen atoms in total. The maximum absolute atomic E-state index is 11.8. The van der Waals surface area contributed by atoms with Crippen LogP contribution in [0.4, 0.5) is 0 Å². The van der Waals surface area contributed by atoms with Crippen molar-refractivity contribution in [1.82, 2.24) is 10.9 Å². The molecule has 1 rings (SSSR count). The van der Waals surface area contributed by atoms with Crippen LogP contribution in [0.1, 0.15) is 37.0 Å². The van der Waals surface area contributed by atoms with E-state index in [9.17, 15) is 14.4 Å². The monoisotopic (exact) mass is 308 g/mol. The van der Waals surface area contributed by atoms with Crippen molar-refractivity contribution in [2.75, 3.05) is 13.2 Å². The van der Waals surface area contributed by atoms with Gasteiger partial charge in [-0.2, -0.15) is 0 Å². The van der Waals surface area contributed by atoms with E-state index in [4.69, 9.17) is 9.47 Å². The molecule has 0 spiro atoms. The van der Waals surface area contributed by atoms with Gasteiger partial charge < -0.3 is 9.47 Å². The lowest BCUT2D eigenvalue weighted by molar-refractivity contribution is -0.144. The van der Waals surface area contributed by atoms with E-state index in [2.05, 4.69) is 10.9 Å². The third-order valence-electron chi connectivity index (χ3n) is 2.60. The van der Waals surface area contributed by atoms with Gasteiger partial charge in [-0.3, -0.25) is 25.2 Å². The largest absolute Gasteiger partial charge is 0.494 e. The summed E-state index contributed by atoms with van der Waals surface area (Å²) in [6.45, 7) is 4.37. The summed E-state index contributed by atoms with van der Waals surface area (Å²) in [5.74, 6) is -0.701. The second-order valence-electron chi connectivity index (χ2n) is 4.26. The van der Waals surface area contributed by atoms with Crippen LogP contribution in [-0.4, -0.2) is 31.0 Å². The van der Waals surface area contributed by atoms with Crippen molar-refractivity contribution in [2.24, 2.45) is 0 Å². The van der Waals surface area contributed by atoms with Crippen LogP contribution in [0.3, 0.4) is 0 Å². The molecule has 1 aromatic rings. The Balaban J connectivity index is 2.35. The molecular formula is C15H20N2O5. The number of carbonyl (C=O) groups excluding carboxylic acids is 3. The average Bonchev–Trinajstić information content (AvgIpc) is 2.52. The lowest BCUT2D eigenvalue weighted by atomic mass is 10.2. The molecule has 2 amide bonds. The SMILES string of the molecule is CCOC(=O)CCC(=O)NNC(=O)c1ccc(OCC)cc1. The third-order valence-corrected chi connectivity index (χ3v) is 2.60. The molecule has 22 heavy (non-hydrogen) atoms. The summed E-state index contributed by atoms with van der Waals surface area (Å²) in [6, 6.07) is 6.51. The lowest BCUT2D eigenvalue weighted by Crippen LogP contribution is -2.41. The zero-order chi connectivity index (χ0) is 16.4. The summed E-state index contributed by atoms with van der Waals surface area (Å²) in [5.41, 5.74) is 4.90. The molecule has 0 unspecified atom stereocenters. The van der Waals surface area contributed by atoms with Crippen molar-refractivity contribution in [3.05, 3.63) is 29.8 Å². The van der Waals surface area contributed by atoms with Crippen molar-refractivity contribution < 1.29 is 23.9 Å². The number of esters is 1. The average molecular weight is 308 g/mol. The van der Waals surface area contributed by atoms with E-state index in [0.29, 0.717) is 17.9 Å². The molecule has 0 aromatic heterocycles. The fraction of sp³-hybridized carbons (Fsp3) is 0.400. The summed E-state index contributed by atoms with van der Waals surface area (Å²) in [7, 11) is 0. The summed E-state index contributed by atoms with van der Waals surface area (Å²) < 4.78 is 9.97. The van der Waals surface area contributed by atoms with Crippen LogP contribution in [0.2, 0.25) is 0 Å². The van der Waals surface area contributed by atoms with Crippen molar-refractivity contribution in [3.63, 3.8) is 0 Å². The molecule has 0 aliphatic heterocycles. The molecule has 0 saturated heterocycles. The summed E-state index contributed by atoms with van der Waals surface area (Å²) in [4.78, 5) is 34.4. The van der Waals surface area contributed by atoms with Crippen LogP contribution < -0.4 is 15.6 Å². The molecule has 7 heteroatoms. The van der Waals surface area contributed by atoms with Gasteiger partial charge in [-0.1, -0.05) is 0 Å². The van der Waals surface area contributed by atoms with Crippen LogP contribution in [0.25, 0.3) is 0 Å². The van der Waals surface area contributed by atoms with E-state index in [1.165, 1.54) is 0 Å². The van der Waals surface area contributed by atoms with Gasteiger partial charge in [0.2, 0.25) is 5.91 Å². The maximum atomic E-state index is 11.8. The first-order valence-electron chi connectivity index (χ1n) is 7.04. The van der Waals surface area contributed by atoms with Gasteiger partial charge in [0.15, 0.2) is 0 Å². The Labute approximate surface area is 128 Å². The van der Waals surface area contributed by atoms with Gasteiger partial charge in [0.1, 0.15) is 5.75 Å². The second kappa shape index (κ2) is 9.38. The highest BCUT2D eigenvalue weighted by molar-refractivity contribution is 5.95. The first kappa shape index (κ1) is 17.5. The molecule has 0 bridgehead atoms. The van der Waals surface area contributed by atoms with E-state index < -0.39 is 17.8 Å². The number of benzene rings is 1. The van der Waals surface area contributed by atoms with Crippen LogP contribution in [0.5, 0.6) is 5.75 Å². The van der Waals surface area contributed by atoms with Crippen molar-refractivity contribution in [3.8, 4) is 5.75 Å². The molecule has 0 aliphatic rings. The Hall–Kier alpha value is -2.57. The zero-order valence-corrected chi connectivity index (χ0v) is 12.7. The van der Waals surface area contributed by atoms with E-state index in [1.807, 2.05) is 6.92 Å². The van der Waals surface area contributed by atoms with Gasteiger partial charge in [0.05, 0.1) is 19.6 Å². The van der Waals surface area contributed by atoms with Crippen LogP contribution in [0.15, 0.2) is 24.3 Å². The normalized spacial score (nSPS) is 9.73. The van der Waals surface area contributed by atoms with Crippen molar-refractivity contribution in [2.45, 2.75) is 26.7 Å². The van der Waals surface area contributed by atoms with E-state index >= 15 is 0 Å². The Kier molecular flexibility index (Phi) is 7.45. The lowest BCUT2D eigenvalue weighted by Gasteiger charge is -2.08. The minimum Gasteiger partial charge on any atom is -0.494 e. The molecule has 1 aromatic carbocycles. The van der Waals surface area contributed by atoms with E-state index in [-0.39, 0.29) is 19.4 Å². The molecule has 0 saturated carbocycles. The second-order valence-corrected chi connectivity index (χ2v) is 4.26. The molecule has 0 aliphatic carbocycles. The summed E-state index contributed by atoms with van der Waals surface area (Å²) >= 11 is 0. The standard InChI is InChI=1S/C15H20N2O5/c1-3-21-12-7-5-11(6-8-12)15(20)17-16-13(18)9-10-14(19)22-4-2/h5-8H,3-4,9-10H2,1-2H3,(H,16,18)(H,17,20). The maximum Gasteiger partial charge on any atom is 0.306 e. The Morgan fingerprint density at radius 3 is 2.23 bits per heavy atom. The predicted octanol–water partition coefficient (Wildman–Crippen LogP) is 1.19. The van der Waals surface area contributed by atoms with Gasteiger partial charge in [-0.15, -0.1) is 0 Å². The number of amides is 2. The predicted molar refractivity (Wildman–Crippen MR) is 79.1 cm³/mol. The Bertz CT molecular complexity index is 513. The number of carbonyl (C=O) groups is 3. The molecule has 120 valence electrons. The van der Waals surface area contributed by atoms with Gasteiger partial charge in [-0.25, -0.2) is 0 Å². The quantitative estimate of drug-likeness (QED) is 0.583. The number of hydrazine groups is 1. The Morgan fingerprint density at radius 1 is 0.955 bits per heavy atom. The number of rotatable bonds is 7. The van der Waals surface area contributed by atoms with Crippen molar-refractivity contribution >= 4 is 17.8 Å². The van der Waals surface area contributed by atoms with Gasteiger partial charge in [0, 0.05) is 12.0 Å². The van der Waals surface area contributed by atoms with E-state index in [1.54, 1.807) is 31.2 Å². The topological polar surface area (TPSA) is 93.7 Å². The first-order valence-corrected chi connectivity index (χ1v) is 7.04. The first-order chi connectivity index (χ1) is 10.6. The fourth-order valence-corrected chi connectivity index (χ4v) is 1.58. The fourth-order valence-electron chi connectivity index (χ4n) is 1.58. The molecule has 2 N–H and O–H groups in total. The minimum atomic E-state index is -0.465. The van der Waals surface area contributed by atoms with Gasteiger partial charge in [0.25, 0.3) is 5.91 Å². The number of ether oxygens (including phenoxy) is 2. The highest BCUT2D eigenvalue weighted by atomic mass is 16.5. The highest BCUT2D eigenvalue weighted by Gasteiger charge is 2.10. The number of nitrogens with one attached hydrogen (secondary N) is 2. The number of hydrogen-bond acceptors (Lipinski definition) is 5. The smallest absolute Gasteiger partial charge is 0.306 e. The van der Waals surface area contributed by atoms with Gasteiger partial charge >= 0.3 is 5.97 Å². The summed E-state index contributed by atoms with van der Waals surface area (Å²) in [6.07, 6.45) is -0.0824. The van der Waals surface area contributed by atoms with E-state index in [0.717, 1.165) is 0 Å². The molecular weight excluding hydrogens is 288 g/mol. The van der Waals surface area contributed by atoms with Crippen LogP contribution in [-0.2, 0) is 14.3 Å². The van der Waals surface area contributed by atoms with Gasteiger partial charge in [-0.05, 0) is 38.1 Å². The van der Waals surface area contributed by atoms with Crippen LogP contribution >= 0.6 is 0 Å². The zero-order valence-electron chi connectivity index (χ0n) is 12.7. The summed E-state index contributed by atoms with van der Waals surface area (Å²) in [5, 5.41) is 0. The molecule has 0 atom stereocenters. The minimum absolute atomic E-state index is 0.0292. The van der Waals surface area contributed by atoms with Crippen molar-refractivity contribution in [1.29, 1.82) is 0 Å². The highest BCUT2D eigenvalue weighted by Crippen LogP contribution is 2.11.